The summed E-state index contributed by atoms with van der Waals surface area (Å²) in [6.45, 7) is -0.348. The molecule has 2 aromatic heterocycles. The van der Waals surface area contributed by atoms with E-state index in [0.29, 0.717) is 24.0 Å². The van der Waals surface area contributed by atoms with Crippen molar-refractivity contribution in [2.75, 3.05) is 0 Å². The number of benzene rings is 3. The minimum atomic E-state index is -4.72. The Morgan fingerprint density at radius 3 is 2.31 bits per heavy atom. The van der Waals surface area contributed by atoms with Gasteiger partial charge in [0.2, 0.25) is 0 Å². The Bertz CT molecular complexity index is 2030. The maximum absolute atomic E-state index is 14.7. The van der Waals surface area contributed by atoms with Gasteiger partial charge in [0.15, 0.2) is 38.7 Å². The first-order chi connectivity index (χ1) is 21.2. The van der Waals surface area contributed by atoms with E-state index in [4.69, 9.17) is 4.42 Å². The number of aromatic nitrogens is 3. The number of hydrogen-bond acceptors (Lipinski definition) is 6. The Balaban J connectivity index is 1.54. The molecule has 45 heavy (non-hydrogen) atoms. The van der Waals surface area contributed by atoms with Crippen molar-refractivity contribution in [3.05, 3.63) is 90.1 Å². The summed E-state index contributed by atoms with van der Waals surface area (Å²) in [6.07, 6.45) is -2.72. The van der Waals surface area contributed by atoms with Crippen LogP contribution in [0.5, 0.6) is 5.75 Å². The van der Waals surface area contributed by atoms with E-state index in [2.05, 4.69) is 14.7 Å². The zero-order chi connectivity index (χ0) is 32.3. The van der Waals surface area contributed by atoms with Crippen LogP contribution in [0.25, 0.3) is 39.4 Å². The van der Waals surface area contributed by atoms with E-state index >= 15 is 0 Å². The smallest absolute Gasteiger partial charge is 0.434 e. The Kier molecular flexibility index (Phi) is 7.50. The van der Waals surface area contributed by atoms with Crippen molar-refractivity contribution in [3.8, 4) is 45.1 Å². The van der Waals surface area contributed by atoms with E-state index in [1.165, 1.54) is 42.7 Å². The zero-order valence-electron chi connectivity index (χ0n) is 23.6. The molecule has 0 saturated heterocycles. The van der Waals surface area contributed by atoms with Crippen LogP contribution in [0.1, 0.15) is 30.3 Å². The number of imidazole rings is 1. The fourth-order valence-electron chi connectivity index (χ4n) is 5.03. The molecule has 0 unspecified atom stereocenters. The normalized spacial score (nSPS) is 13.9. The number of nitrogens with zero attached hydrogens (tertiary/aromatic N) is 3. The van der Waals surface area contributed by atoms with Gasteiger partial charge in [-0.2, -0.15) is 22.0 Å². The third-order valence-electron chi connectivity index (χ3n) is 7.29. The minimum absolute atomic E-state index is 0.00673. The molecule has 0 spiro atoms. The van der Waals surface area contributed by atoms with Crippen molar-refractivity contribution in [1.29, 1.82) is 0 Å². The highest BCUT2D eigenvalue weighted by Gasteiger charge is 2.37. The predicted octanol–water partition coefficient (Wildman–Crippen LogP) is 8.17. The molecule has 6 rings (SSSR count). The van der Waals surface area contributed by atoms with Gasteiger partial charge in [0.05, 0.1) is 15.8 Å². The minimum Gasteiger partial charge on any atom is -0.440 e. The van der Waals surface area contributed by atoms with Crippen LogP contribution >= 0.6 is 0 Å². The molecule has 234 valence electrons. The van der Waals surface area contributed by atoms with E-state index in [-0.39, 0.29) is 44.9 Å². The Morgan fingerprint density at radius 1 is 0.956 bits per heavy atom. The summed E-state index contributed by atoms with van der Waals surface area (Å²) in [7, 11) is -3.52. The molecular formula is C31H23F6N3O4S. The molecule has 0 aliphatic heterocycles. The summed E-state index contributed by atoms with van der Waals surface area (Å²) in [6, 6.07) is 14.3. The SMILES string of the molecule is Cc1nc(-c2cc(-c3cccc(S(=O)(=O)C4CC4)c3)ccc2-n2cc(C(F)(F)F)nc2C)c(-c2ccc(OC(F)F)c(F)c2)o1. The molecule has 5 aromatic rings. The van der Waals surface area contributed by atoms with Crippen molar-refractivity contribution in [2.45, 2.75) is 49.6 Å². The third kappa shape index (κ3) is 5.93. The number of sulfone groups is 1. The number of alkyl halides is 5. The summed E-state index contributed by atoms with van der Waals surface area (Å²) in [5.41, 5.74) is 0.567. The van der Waals surface area contributed by atoms with Gasteiger partial charge in [-0.05, 0) is 73.4 Å². The van der Waals surface area contributed by atoms with Gasteiger partial charge in [-0.25, -0.2) is 22.8 Å². The number of halogens is 6. The molecular weight excluding hydrogens is 624 g/mol. The first kappa shape index (κ1) is 30.4. The summed E-state index contributed by atoms with van der Waals surface area (Å²) in [5.74, 6) is -1.65. The largest absolute Gasteiger partial charge is 0.440 e. The fraction of sp³-hybridized carbons (Fsp3) is 0.226. The average Bonchev–Trinajstić information content (AvgIpc) is 3.67. The first-order valence-electron chi connectivity index (χ1n) is 13.6. The van der Waals surface area contributed by atoms with Crippen LogP contribution in [0.15, 0.2) is 76.2 Å². The van der Waals surface area contributed by atoms with Crippen molar-refractivity contribution in [1.82, 2.24) is 14.5 Å². The molecule has 1 saturated carbocycles. The van der Waals surface area contributed by atoms with Crippen LogP contribution < -0.4 is 4.74 Å². The second kappa shape index (κ2) is 11.1. The van der Waals surface area contributed by atoms with Crippen molar-refractivity contribution < 1.29 is 43.9 Å². The molecule has 0 N–H and O–H groups in total. The predicted molar refractivity (Wildman–Crippen MR) is 151 cm³/mol. The lowest BCUT2D eigenvalue weighted by Crippen LogP contribution is -2.07. The summed E-state index contributed by atoms with van der Waals surface area (Å²) < 4.78 is 118. The molecule has 1 aliphatic carbocycles. The molecule has 1 fully saturated rings. The number of aryl methyl sites for hydroxylation is 2. The quantitative estimate of drug-likeness (QED) is 0.158. The third-order valence-corrected chi connectivity index (χ3v) is 9.55. The Morgan fingerprint density at radius 2 is 1.67 bits per heavy atom. The van der Waals surface area contributed by atoms with Crippen molar-refractivity contribution in [2.24, 2.45) is 0 Å². The summed E-state index contributed by atoms with van der Waals surface area (Å²) in [5, 5.41) is -0.434. The lowest BCUT2D eigenvalue weighted by Gasteiger charge is -2.15. The molecule has 0 amide bonds. The van der Waals surface area contributed by atoms with Gasteiger partial charge >= 0.3 is 12.8 Å². The monoisotopic (exact) mass is 647 g/mol. The molecule has 0 bridgehead atoms. The summed E-state index contributed by atoms with van der Waals surface area (Å²) in [4.78, 5) is 8.27. The highest BCUT2D eigenvalue weighted by Crippen LogP contribution is 2.41. The number of ether oxygens (including phenoxy) is 1. The summed E-state index contributed by atoms with van der Waals surface area (Å²) >= 11 is 0. The van der Waals surface area contributed by atoms with Crippen LogP contribution in [0.4, 0.5) is 26.3 Å². The number of rotatable bonds is 8. The topological polar surface area (TPSA) is 87.2 Å². The lowest BCUT2D eigenvalue weighted by molar-refractivity contribution is -0.141. The van der Waals surface area contributed by atoms with Crippen LogP contribution in [0, 0.1) is 19.7 Å². The van der Waals surface area contributed by atoms with Gasteiger partial charge in [0.25, 0.3) is 0 Å². The van der Waals surface area contributed by atoms with Crippen LogP contribution in [0.2, 0.25) is 0 Å². The molecule has 14 heteroatoms. The number of hydrogen-bond donors (Lipinski definition) is 0. The molecule has 7 nitrogen and oxygen atoms in total. The fourth-order valence-corrected chi connectivity index (χ4v) is 6.73. The molecule has 3 aromatic carbocycles. The van der Waals surface area contributed by atoms with Crippen molar-refractivity contribution in [3.63, 3.8) is 0 Å². The second-order valence-electron chi connectivity index (χ2n) is 10.5. The van der Waals surface area contributed by atoms with E-state index < -0.39 is 45.1 Å². The van der Waals surface area contributed by atoms with Gasteiger partial charge in [0, 0.05) is 24.2 Å². The Hall–Kier alpha value is -4.59. The van der Waals surface area contributed by atoms with Gasteiger partial charge < -0.3 is 13.7 Å². The highest BCUT2D eigenvalue weighted by molar-refractivity contribution is 7.92. The molecule has 1 aliphatic rings. The van der Waals surface area contributed by atoms with E-state index in [0.717, 1.165) is 18.3 Å². The average molecular weight is 648 g/mol. The van der Waals surface area contributed by atoms with Crippen LogP contribution in [0.3, 0.4) is 0 Å². The standard InChI is InChI=1S/C31H23F6N3O4S/c1-16-38-27(31(35,36)37)15-40(16)25-10-6-19(18-4-3-5-22(12-18)45(41,42)21-8-9-21)13-23(25)28-29(43-17(2)39-28)20-7-11-26(24(32)14-20)44-30(33)34/h3-7,10-15,21,30H,8-9H2,1-2H3. The van der Waals surface area contributed by atoms with E-state index in [1.54, 1.807) is 24.3 Å². The van der Waals surface area contributed by atoms with Crippen LogP contribution in [-0.4, -0.2) is 34.8 Å². The highest BCUT2D eigenvalue weighted by atomic mass is 32.2. The Labute approximate surface area is 253 Å². The second-order valence-corrected chi connectivity index (χ2v) is 12.7. The van der Waals surface area contributed by atoms with Crippen LogP contribution in [-0.2, 0) is 16.0 Å². The molecule has 2 heterocycles. The molecule has 0 radical (unpaired) electrons. The van der Waals surface area contributed by atoms with Crippen molar-refractivity contribution >= 4 is 9.84 Å². The van der Waals surface area contributed by atoms with Gasteiger partial charge in [0.1, 0.15) is 11.5 Å². The van der Waals surface area contributed by atoms with Gasteiger partial charge in [-0.3, -0.25) is 0 Å². The zero-order valence-corrected chi connectivity index (χ0v) is 24.4. The maximum Gasteiger partial charge on any atom is 0.434 e. The van der Waals surface area contributed by atoms with Gasteiger partial charge in [-0.15, -0.1) is 0 Å². The lowest BCUT2D eigenvalue weighted by atomic mass is 9.98. The van der Waals surface area contributed by atoms with E-state index in [1.807, 2.05) is 0 Å². The van der Waals surface area contributed by atoms with E-state index in [9.17, 15) is 34.8 Å². The first-order valence-corrected chi connectivity index (χ1v) is 15.1. The molecule has 0 atom stereocenters. The van der Waals surface area contributed by atoms with Gasteiger partial charge in [-0.1, -0.05) is 18.2 Å². The maximum atomic E-state index is 14.7. The number of oxazole rings is 1.